The molecular weight excluding hydrogens is 741 g/mol. The summed E-state index contributed by atoms with van der Waals surface area (Å²) in [5, 5.41) is 16.7. The molecule has 13 nitrogen and oxygen atoms in total. The van der Waals surface area contributed by atoms with E-state index in [1.807, 2.05) is 95.6 Å². The number of anilines is 1. The molecule has 2 fully saturated rings. The lowest BCUT2D eigenvalue weighted by Gasteiger charge is -2.36. The zero-order valence-electron chi connectivity index (χ0n) is 34.5. The van der Waals surface area contributed by atoms with Crippen LogP contribution in [-0.2, 0) is 14.4 Å². The molecule has 0 spiro atoms. The minimum atomic E-state index is -0.849. The van der Waals surface area contributed by atoms with Crippen LogP contribution in [0, 0.1) is 12.3 Å². The highest BCUT2D eigenvalue weighted by atomic mass is 32.1. The van der Waals surface area contributed by atoms with Gasteiger partial charge in [0.2, 0.25) is 17.7 Å². The highest BCUT2D eigenvalue weighted by Crippen LogP contribution is 2.30. The second-order valence-electron chi connectivity index (χ2n) is 16.4. The van der Waals surface area contributed by atoms with Crippen LogP contribution in [-0.4, -0.2) is 108 Å². The molecule has 5 rings (SSSR count). The Bertz CT molecular complexity index is 1790. The number of rotatable bonds is 17. The smallest absolute Gasteiger partial charge is 0.265 e. The van der Waals surface area contributed by atoms with Gasteiger partial charge in [-0.3, -0.25) is 29.5 Å². The number of nitrogens with zero attached hydrogens (tertiary/aromatic N) is 4. The van der Waals surface area contributed by atoms with Crippen molar-refractivity contribution in [3.63, 3.8) is 0 Å². The van der Waals surface area contributed by atoms with Crippen LogP contribution in [0.1, 0.15) is 101 Å². The number of likely N-dealkylation sites (tertiary alicyclic amines) is 1. The van der Waals surface area contributed by atoms with E-state index in [0.717, 1.165) is 85.9 Å². The van der Waals surface area contributed by atoms with Crippen LogP contribution < -0.4 is 26.4 Å². The summed E-state index contributed by atoms with van der Waals surface area (Å²) >= 11 is 1.59. The molecule has 0 aliphatic carbocycles. The molecule has 0 unspecified atom stereocenters. The Morgan fingerprint density at radius 3 is 2.28 bits per heavy atom. The zero-order valence-corrected chi connectivity index (χ0v) is 35.3. The van der Waals surface area contributed by atoms with Crippen molar-refractivity contribution in [3.05, 3.63) is 70.9 Å². The average molecular weight is 803 g/mol. The fourth-order valence-electron chi connectivity index (χ4n) is 7.44. The van der Waals surface area contributed by atoms with Crippen LogP contribution in [0.3, 0.4) is 0 Å². The number of amides is 4. The number of aliphatic hydroxyl groups is 1. The number of nitrogens with one attached hydrogen (secondary N) is 4. The summed E-state index contributed by atoms with van der Waals surface area (Å²) in [6.07, 6.45) is 3.13. The van der Waals surface area contributed by atoms with Crippen molar-refractivity contribution in [2.24, 2.45) is 5.41 Å². The van der Waals surface area contributed by atoms with E-state index in [9.17, 15) is 24.3 Å². The van der Waals surface area contributed by atoms with Gasteiger partial charge in [-0.15, -0.1) is 11.3 Å². The highest BCUT2D eigenvalue weighted by molar-refractivity contribution is 7.13. The Balaban J connectivity index is 1.04. The molecule has 2 aliphatic rings. The number of piperazine rings is 1. The maximum atomic E-state index is 14.1. The van der Waals surface area contributed by atoms with Gasteiger partial charge in [0.1, 0.15) is 12.1 Å². The van der Waals surface area contributed by atoms with E-state index in [-0.39, 0.29) is 42.6 Å². The van der Waals surface area contributed by atoms with E-state index >= 15 is 0 Å². The van der Waals surface area contributed by atoms with Gasteiger partial charge in [0.05, 0.1) is 28.2 Å². The Morgan fingerprint density at radius 2 is 1.65 bits per heavy atom. The lowest BCUT2D eigenvalue weighted by molar-refractivity contribution is -0.144. The first-order chi connectivity index (χ1) is 27.2. The summed E-state index contributed by atoms with van der Waals surface area (Å²) < 4.78 is 0. The van der Waals surface area contributed by atoms with Crippen molar-refractivity contribution >= 4 is 40.7 Å². The van der Waals surface area contributed by atoms with Crippen molar-refractivity contribution in [1.29, 1.82) is 0 Å². The minimum Gasteiger partial charge on any atom is -0.391 e. The van der Waals surface area contributed by atoms with Gasteiger partial charge in [0.15, 0.2) is 0 Å². The van der Waals surface area contributed by atoms with Crippen molar-refractivity contribution in [2.45, 2.75) is 104 Å². The van der Waals surface area contributed by atoms with E-state index in [0.29, 0.717) is 18.4 Å². The standard InChI is InChI=1S/C43H62N8O5S/c1-7-20-45-48-40(54)33-16-18-34(19-17-33)50-24-22-49(23-25-50)21-10-8-9-11-37(53)47-39(43(4,5)6)42(56)51-27-35(52)26-36(51)41(55)46-29(2)31-12-14-32(15-13-31)38-30(3)44-28-57-38/h12-19,28-29,35-36,39,45,52H,7-11,20-27H2,1-6H3,(H,46,55)(H,47,53)(H,48,54)/t29-,35+,36-,39+/m0/s1. The lowest BCUT2D eigenvalue weighted by Crippen LogP contribution is -2.57. The van der Waals surface area contributed by atoms with E-state index in [1.165, 1.54) is 4.90 Å². The number of carbonyl (C=O) groups is 4. The SMILES string of the molecule is CCCNNC(=O)c1ccc(N2CCN(CCCCCC(=O)N[C@H](C(=O)N3C[C@H](O)C[C@H]3C(=O)N[C@@H](C)c3ccc(-c4scnc4C)cc3)C(C)(C)C)CC2)cc1. The third-order valence-electron chi connectivity index (χ3n) is 10.9. The number of thiazole rings is 1. The van der Waals surface area contributed by atoms with Crippen molar-refractivity contribution in [3.8, 4) is 10.4 Å². The maximum Gasteiger partial charge on any atom is 0.265 e. The Labute approximate surface area is 342 Å². The van der Waals surface area contributed by atoms with Crippen molar-refractivity contribution in [2.75, 3.05) is 50.7 Å². The first-order valence-corrected chi connectivity index (χ1v) is 21.3. The van der Waals surface area contributed by atoms with Crippen molar-refractivity contribution < 1.29 is 24.3 Å². The largest absolute Gasteiger partial charge is 0.391 e. The van der Waals surface area contributed by atoms with Crippen molar-refractivity contribution in [1.82, 2.24) is 36.3 Å². The van der Waals surface area contributed by atoms with Gasteiger partial charge in [-0.2, -0.15) is 0 Å². The molecule has 310 valence electrons. The molecule has 2 aromatic carbocycles. The first-order valence-electron chi connectivity index (χ1n) is 20.4. The Kier molecular flexibility index (Phi) is 15.6. The fraction of sp³-hybridized carbons (Fsp3) is 0.558. The fourth-order valence-corrected chi connectivity index (χ4v) is 8.25. The van der Waals surface area contributed by atoms with Crippen LogP contribution in [0.15, 0.2) is 54.0 Å². The third kappa shape index (κ3) is 12.1. The Morgan fingerprint density at radius 1 is 0.947 bits per heavy atom. The molecule has 5 N–H and O–H groups in total. The number of hydrogen-bond acceptors (Lipinski definition) is 10. The minimum absolute atomic E-state index is 0.0347. The predicted molar refractivity (Wildman–Crippen MR) is 226 cm³/mol. The number of hydrazine groups is 1. The zero-order chi connectivity index (χ0) is 41.1. The van der Waals surface area contributed by atoms with Gasteiger partial charge in [-0.25, -0.2) is 10.4 Å². The monoisotopic (exact) mass is 802 g/mol. The molecule has 4 amide bonds. The molecule has 14 heteroatoms. The van der Waals surface area contributed by atoms with E-state index < -0.39 is 23.6 Å². The van der Waals surface area contributed by atoms with Gasteiger partial charge < -0.3 is 25.5 Å². The number of carbonyl (C=O) groups excluding carboxylic acids is 4. The average Bonchev–Trinajstić information content (AvgIpc) is 3.81. The second-order valence-corrected chi connectivity index (χ2v) is 17.3. The molecule has 0 bridgehead atoms. The normalized spacial score (nSPS) is 18.6. The summed E-state index contributed by atoms with van der Waals surface area (Å²) in [4.78, 5) is 64.9. The van der Waals surface area contributed by atoms with Gasteiger partial charge in [0, 0.05) is 63.4 Å². The third-order valence-corrected chi connectivity index (χ3v) is 11.9. The van der Waals surface area contributed by atoms with Crippen LogP contribution >= 0.6 is 11.3 Å². The van der Waals surface area contributed by atoms with Crippen LogP contribution in [0.5, 0.6) is 0 Å². The number of unbranched alkanes of at least 4 members (excludes halogenated alkanes) is 2. The number of hydrogen-bond donors (Lipinski definition) is 5. The highest BCUT2D eigenvalue weighted by Gasteiger charge is 2.44. The van der Waals surface area contributed by atoms with E-state index in [2.05, 4.69) is 36.3 Å². The summed E-state index contributed by atoms with van der Waals surface area (Å²) in [5.74, 6) is -1.01. The number of β-amino-alcohol motifs (C(OH)–C–C–N with tert-alkyl or cyclic N) is 1. The first kappa shape index (κ1) is 43.7. The predicted octanol–water partition coefficient (Wildman–Crippen LogP) is 4.82. The van der Waals surface area contributed by atoms with E-state index in [4.69, 9.17) is 0 Å². The molecule has 57 heavy (non-hydrogen) atoms. The summed E-state index contributed by atoms with van der Waals surface area (Å²) in [5.41, 5.74) is 11.6. The molecule has 2 saturated heterocycles. The molecule has 0 radical (unpaired) electrons. The van der Waals surface area contributed by atoms with Crippen LogP contribution in [0.4, 0.5) is 5.69 Å². The number of aryl methyl sites for hydroxylation is 1. The summed E-state index contributed by atoms with van der Waals surface area (Å²) in [6, 6.07) is 13.7. The second kappa shape index (κ2) is 20.4. The molecule has 3 heterocycles. The molecule has 3 aromatic rings. The summed E-state index contributed by atoms with van der Waals surface area (Å²) in [7, 11) is 0. The topological polar surface area (TPSA) is 159 Å². The molecule has 0 saturated carbocycles. The van der Waals surface area contributed by atoms with Gasteiger partial charge in [-0.1, -0.05) is 58.4 Å². The molecule has 1 aromatic heterocycles. The molecule has 4 atom stereocenters. The van der Waals surface area contributed by atoms with Gasteiger partial charge in [-0.05, 0) is 80.5 Å². The number of aliphatic hydroxyl groups excluding tert-OH is 1. The van der Waals surface area contributed by atoms with Crippen LogP contribution in [0.2, 0.25) is 0 Å². The number of benzene rings is 2. The maximum absolute atomic E-state index is 14.1. The molecular formula is C43H62N8O5S. The van der Waals surface area contributed by atoms with Gasteiger partial charge in [0.25, 0.3) is 5.91 Å². The van der Waals surface area contributed by atoms with Gasteiger partial charge >= 0.3 is 0 Å². The number of aromatic nitrogens is 1. The molecule has 2 aliphatic heterocycles. The lowest BCUT2D eigenvalue weighted by atomic mass is 9.85. The quantitative estimate of drug-likeness (QED) is 0.0954. The Hall–Kier alpha value is -4.37. The van der Waals surface area contributed by atoms with E-state index in [1.54, 1.807) is 11.3 Å². The van der Waals surface area contributed by atoms with Crippen LogP contribution in [0.25, 0.3) is 10.4 Å². The summed E-state index contributed by atoms with van der Waals surface area (Å²) in [6.45, 7) is 17.1.